The molecule has 1 atom stereocenters. The van der Waals surface area contributed by atoms with Crippen LogP contribution in [0.1, 0.15) is 42.4 Å². The van der Waals surface area contributed by atoms with Crippen molar-refractivity contribution in [2.24, 2.45) is 5.73 Å². The maximum atomic E-state index is 9.82. The molecule has 0 bridgehead atoms. The summed E-state index contributed by atoms with van der Waals surface area (Å²) >= 11 is 0. The van der Waals surface area contributed by atoms with Gasteiger partial charge in [-0.15, -0.1) is 5.10 Å². The second-order valence-electron chi connectivity index (χ2n) is 7.30. The number of ether oxygens (including phenoxy) is 2. The lowest BCUT2D eigenvalue weighted by Gasteiger charge is -2.24. The maximum absolute atomic E-state index is 9.82. The Morgan fingerprint density at radius 3 is 2.62 bits per heavy atom. The molecule has 3 aromatic rings. The van der Waals surface area contributed by atoms with Crippen LogP contribution in [0.2, 0.25) is 0 Å². The van der Waals surface area contributed by atoms with Gasteiger partial charge in [0.25, 0.3) is 0 Å². The first-order chi connectivity index (χ1) is 14.0. The van der Waals surface area contributed by atoms with Gasteiger partial charge in [-0.25, -0.2) is 0 Å². The van der Waals surface area contributed by atoms with Crippen molar-refractivity contribution in [2.75, 3.05) is 7.11 Å². The summed E-state index contributed by atoms with van der Waals surface area (Å²) in [5.74, 6) is 1.26. The molecular weight excluding hydrogens is 364 g/mol. The van der Waals surface area contributed by atoms with E-state index in [2.05, 4.69) is 42.2 Å². The Balaban J connectivity index is 1.89. The van der Waals surface area contributed by atoms with Gasteiger partial charge in [-0.05, 0) is 29.2 Å². The van der Waals surface area contributed by atoms with Crippen LogP contribution in [0.25, 0.3) is 11.3 Å². The first-order valence-electron chi connectivity index (χ1n) is 9.43. The lowest BCUT2D eigenvalue weighted by Crippen LogP contribution is -2.21. The molecule has 6 heteroatoms. The van der Waals surface area contributed by atoms with E-state index >= 15 is 0 Å². The van der Waals surface area contributed by atoms with Crippen LogP contribution in [0, 0.1) is 11.3 Å². The Labute approximate surface area is 169 Å². The molecular formula is C23H22N4O2. The summed E-state index contributed by atoms with van der Waals surface area (Å²) in [6.07, 6.45) is 0. The van der Waals surface area contributed by atoms with Gasteiger partial charge in [0.15, 0.2) is 0 Å². The van der Waals surface area contributed by atoms with Gasteiger partial charge in [0.2, 0.25) is 11.8 Å². The van der Waals surface area contributed by atoms with Crippen LogP contribution in [0.4, 0.5) is 0 Å². The number of nitrogens with two attached hydrogens (primary N) is 1. The molecule has 0 aliphatic carbocycles. The highest BCUT2D eigenvalue weighted by molar-refractivity contribution is 5.71. The number of nitriles is 1. The van der Waals surface area contributed by atoms with Crippen molar-refractivity contribution < 1.29 is 9.47 Å². The minimum atomic E-state index is -0.370. The number of rotatable bonds is 4. The van der Waals surface area contributed by atoms with Crippen molar-refractivity contribution in [2.45, 2.75) is 25.7 Å². The molecule has 2 heterocycles. The Morgan fingerprint density at radius 2 is 1.97 bits per heavy atom. The van der Waals surface area contributed by atoms with Crippen LogP contribution in [0.3, 0.4) is 0 Å². The molecule has 0 radical (unpaired) electrons. The van der Waals surface area contributed by atoms with Gasteiger partial charge in [-0.1, -0.05) is 50.2 Å². The fourth-order valence-electron chi connectivity index (χ4n) is 3.65. The molecule has 0 saturated carbocycles. The van der Waals surface area contributed by atoms with E-state index in [0.717, 1.165) is 28.1 Å². The number of H-pyrrole nitrogens is 1. The SMILES string of the molecule is COc1cccc(-c2[nH]nc3c2[C@H](c2ccc(C(C)C)cc2)C(C#N)=C(N)O3)c1. The molecule has 4 rings (SSSR count). The average Bonchev–Trinajstić information content (AvgIpc) is 3.16. The molecule has 146 valence electrons. The number of benzene rings is 2. The highest BCUT2D eigenvalue weighted by atomic mass is 16.5. The smallest absolute Gasteiger partial charge is 0.244 e. The number of aromatic nitrogens is 2. The fourth-order valence-corrected chi connectivity index (χ4v) is 3.65. The van der Waals surface area contributed by atoms with Crippen LogP contribution in [-0.2, 0) is 0 Å². The van der Waals surface area contributed by atoms with E-state index in [9.17, 15) is 5.26 Å². The van der Waals surface area contributed by atoms with Gasteiger partial charge in [0, 0.05) is 5.56 Å². The highest BCUT2D eigenvalue weighted by Gasteiger charge is 2.35. The predicted octanol–water partition coefficient (Wildman–Crippen LogP) is 4.43. The number of methoxy groups -OCH3 is 1. The van der Waals surface area contributed by atoms with E-state index in [1.165, 1.54) is 5.56 Å². The first-order valence-corrected chi connectivity index (χ1v) is 9.43. The molecule has 3 N–H and O–H groups in total. The molecule has 0 fully saturated rings. The lowest BCUT2D eigenvalue weighted by atomic mass is 9.82. The third-order valence-electron chi connectivity index (χ3n) is 5.23. The Hall–Kier alpha value is -3.72. The number of aromatic amines is 1. The third-order valence-corrected chi connectivity index (χ3v) is 5.23. The molecule has 1 aromatic heterocycles. The lowest BCUT2D eigenvalue weighted by molar-refractivity contribution is 0.379. The van der Waals surface area contributed by atoms with Gasteiger partial charge >= 0.3 is 0 Å². The molecule has 0 amide bonds. The fraction of sp³-hybridized carbons (Fsp3) is 0.217. The number of fused-ring (bicyclic) bond motifs is 1. The van der Waals surface area contributed by atoms with Crippen molar-refractivity contribution in [1.29, 1.82) is 5.26 Å². The zero-order valence-electron chi connectivity index (χ0n) is 16.6. The molecule has 1 aliphatic rings. The van der Waals surface area contributed by atoms with Crippen LogP contribution in [0.15, 0.2) is 60.0 Å². The van der Waals surface area contributed by atoms with Gasteiger partial charge < -0.3 is 15.2 Å². The average molecular weight is 386 g/mol. The van der Waals surface area contributed by atoms with E-state index in [1.807, 2.05) is 36.4 Å². The summed E-state index contributed by atoms with van der Waals surface area (Å²) in [5, 5.41) is 17.2. The molecule has 0 spiro atoms. The Morgan fingerprint density at radius 1 is 1.21 bits per heavy atom. The van der Waals surface area contributed by atoms with E-state index in [4.69, 9.17) is 15.2 Å². The second kappa shape index (κ2) is 7.36. The zero-order chi connectivity index (χ0) is 20.5. The van der Waals surface area contributed by atoms with Gasteiger partial charge in [0.05, 0.1) is 24.3 Å². The molecule has 1 aliphatic heterocycles. The number of hydrogen-bond acceptors (Lipinski definition) is 5. The molecule has 2 aromatic carbocycles. The summed E-state index contributed by atoms with van der Waals surface area (Å²) in [6.45, 7) is 4.30. The third kappa shape index (κ3) is 3.21. The van der Waals surface area contributed by atoms with Crippen molar-refractivity contribution in [3.05, 3.63) is 76.7 Å². The van der Waals surface area contributed by atoms with Crippen LogP contribution in [0.5, 0.6) is 11.6 Å². The summed E-state index contributed by atoms with van der Waals surface area (Å²) < 4.78 is 11.0. The Kier molecular flexibility index (Phi) is 4.73. The number of allylic oxidation sites excluding steroid dienone is 1. The number of nitrogens with one attached hydrogen (secondary N) is 1. The predicted molar refractivity (Wildman–Crippen MR) is 110 cm³/mol. The van der Waals surface area contributed by atoms with Crippen LogP contribution < -0.4 is 15.2 Å². The molecule has 6 nitrogen and oxygen atoms in total. The molecule has 29 heavy (non-hydrogen) atoms. The summed E-state index contributed by atoms with van der Waals surface area (Å²) in [7, 11) is 1.63. The largest absolute Gasteiger partial charge is 0.497 e. The molecule has 0 unspecified atom stereocenters. The van der Waals surface area contributed by atoms with Crippen molar-refractivity contribution in [3.63, 3.8) is 0 Å². The Bertz CT molecular complexity index is 1120. The van der Waals surface area contributed by atoms with E-state index in [0.29, 0.717) is 17.4 Å². The normalized spacial score (nSPS) is 15.6. The second-order valence-corrected chi connectivity index (χ2v) is 7.30. The van der Waals surface area contributed by atoms with Crippen molar-refractivity contribution in [3.8, 4) is 29.0 Å². The van der Waals surface area contributed by atoms with Crippen LogP contribution >= 0.6 is 0 Å². The van der Waals surface area contributed by atoms with Gasteiger partial charge in [0.1, 0.15) is 17.4 Å². The first kappa shape index (κ1) is 18.6. The summed E-state index contributed by atoms with van der Waals surface area (Å²) in [5.41, 5.74) is 11.1. The van der Waals surface area contributed by atoms with E-state index in [1.54, 1.807) is 7.11 Å². The quantitative estimate of drug-likeness (QED) is 0.691. The standard InChI is InChI=1S/C23H22N4O2/c1-13(2)14-7-9-15(10-8-14)19-18(12-24)22(25)29-23-20(19)21(26-27-23)16-5-4-6-17(11-16)28-3/h4-11,13,19H,25H2,1-3H3,(H,26,27)/t19-/m1/s1. The minimum Gasteiger partial charge on any atom is -0.497 e. The van der Waals surface area contributed by atoms with E-state index in [-0.39, 0.29) is 11.8 Å². The van der Waals surface area contributed by atoms with Crippen LogP contribution in [-0.4, -0.2) is 17.3 Å². The number of hydrogen-bond donors (Lipinski definition) is 2. The van der Waals surface area contributed by atoms with Crippen molar-refractivity contribution in [1.82, 2.24) is 10.2 Å². The van der Waals surface area contributed by atoms with E-state index < -0.39 is 0 Å². The number of nitrogens with zero attached hydrogens (tertiary/aromatic N) is 2. The summed E-state index contributed by atoms with van der Waals surface area (Å²) in [4.78, 5) is 0. The summed E-state index contributed by atoms with van der Waals surface area (Å²) in [6, 6.07) is 18.2. The highest BCUT2D eigenvalue weighted by Crippen LogP contribution is 2.46. The minimum absolute atomic E-state index is 0.0848. The van der Waals surface area contributed by atoms with Gasteiger partial charge in [-0.2, -0.15) is 5.26 Å². The van der Waals surface area contributed by atoms with Crippen molar-refractivity contribution >= 4 is 0 Å². The van der Waals surface area contributed by atoms with Gasteiger partial charge in [-0.3, -0.25) is 5.10 Å². The maximum Gasteiger partial charge on any atom is 0.244 e. The zero-order valence-corrected chi connectivity index (χ0v) is 16.6. The molecule has 0 saturated heterocycles. The topological polar surface area (TPSA) is 97.0 Å². The monoisotopic (exact) mass is 386 g/mol.